The maximum absolute atomic E-state index is 6.06. The minimum absolute atomic E-state index is 0.154. The van der Waals surface area contributed by atoms with Crippen LogP contribution in [0.15, 0.2) is 0 Å². The van der Waals surface area contributed by atoms with Crippen molar-refractivity contribution in [3.63, 3.8) is 0 Å². The van der Waals surface area contributed by atoms with E-state index in [4.69, 9.17) is 11.6 Å². The Morgan fingerprint density at radius 1 is 1.19 bits per heavy atom. The van der Waals surface area contributed by atoms with E-state index in [1.807, 2.05) is 5.01 Å². The number of nitrogens with one attached hydrogen (secondary N) is 1. The Balaban J connectivity index is 1.99. The fraction of sp³-hybridized carbons (Fsp3) is 1.00. The number of hydrogen-bond donors (Lipinski definition) is 3. The van der Waals surface area contributed by atoms with Gasteiger partial charge in [-0.1, -0.05) is 0 Å². The van der Waals surface area contributed by atoms with E-state index in [1.165, 1.54) is 0 Å². The zero-order valence-electron chi connectivity index (χ0n) is 10.1. The van der Waals surface area contributed by atoms with Crippen molar-refractivity contribution >= 4 is 0 Å². The van der Waals surface area contributed by atoms with Crippen LogP contribution in [0.2, 0.25) is 0 Å². The highest BCUT2D eigenvalue weighted by molar-refractivity contribution is 4.85. The van der Waals surface area contributed by atoms with Gasteiger partial charge in [0.2, 0.25) is 0 Å². The summed E-state index contributed by atoms with van der Waals surface area (Å²) in [5.41, 5.74) is 6.06. The van der Waals surface area contributed by atoms with Crippen LogP contribution in [0.5, 0.6) is 0 Å². The first-order chi connectivity index (χ1) is 7.68. The smallest absolute Gasteiger partial charge is 0.0535 e. The summed E-state index contributed by atoms with van der Waals surface area (Å²) >= 11 is 0. The van der Waals surface area contributed by atoms with Gasteiger partial charge in [0, 0.05) is 51.9 Å². The van der Waals surface area contributed by atoms with Gasteiger partial charge >= 0.3 is 0 Å². The predicted molar refractivity (Wildman–Crippen MR) is 64.3 cm³/mol. The molecule has 0 aromatic heterocycles. The maximum Gasteiger partial charge on any atom is 0.0535 e. The molecule has 6 heteroatoms. The van der Waals surface area contributed by atoms with Gasteiger partial charge in [-0.2, -0.15) is 0 Å². The number of hydrazine groups is 2. The van der Waals surface area contributed by atoms with Crippen LogP contribution in [0, 0.1) is 0 Å². The Hall–Kier alpha value is -0.240. The van der Waals surface area contributed by atoms with Crippen LogP contribution in [-0.2, 0) is 0 Å². The van der Waals surface area contributed by atoms with Crippen molar-refractivity contribution in [3.8, 4) is 0 Å². The van der Waals surface area contributed by atoms with Crippen LogP contribution in [0.25, 0.3) is 0 Å². The molecule has 2 heterocycles. The first kappa shape index (κ1) is 12.2. The van der Waals surface area contributed by atoms with Crippen molar-refractivity contribution in [1.29, 1.82) is 0 Å². The molecule has 2 fully saturated rings. The molecule has 6 nitrogen and oxygen atoms in total. The molecule has 0 aromatic carbocycles. The van der Waals surface area contributed by atoms with E-state index in [-0.39, 0.29) is 6.04 Å². The van der Waals surface area contributed by atoms with Gasteiger partial charge in [0.25, 0.3) is 0 Å². The number of piperazine rings is 2. The number of nitrogens with zero attached hydrogens (tertiary/aromatic N) is 3. The molecule has 0 spiro atoms. The lowest BCUT2D eigenvalue weighted by Crippen LogP contribution is -2.67. The minimum Gasteiger partial charge on any atom is -0.326 e. The largest absolute Gasteiger partial charge is 0.326 e. The lowest BCUT2D eigenvalue weighted by Gasteiger charge is -2.48. The fourth-order valence-corrected chi connectivity index (χ4v) is 2.52. The maximum atomic E-state index is 6.06. The molecular weight excluding hydrogens is 204 g/mol. The van der Waals surface area contributed by atoms with E-state index in [9.17, 15) is 0 Å². The topological polar surface area (TPSA) is 73.8 Å². The van der Waals surface area contributed by atoms with Gasteiger partial charge < -0.3 is 11.1 Å². The highest BCUT2D eigenvalue weighted by Crippen LogP contribution is 2.13. The second kappa shape index (κ2) is 5.39. The first-order valence-electron chi connectivity index (χ1n) is 6.16. The summed E-state index contributed by atoms with van der Waals surface area (Å²) in [6.45, 7) is 9.13. The van der Waals surface area contributed by atoms with Crippen LogP contribution >= 0.6 is 0 Å². The molecule has 2 saturated heterocycles. The summed E-state index contributed by atoms with van der Waals surface area (Å²) < 4.78 is 0. The van der Waals surface area contributed by atoms with Crippen molar-refractivity contribution in [1.82, 2.24) is 20.3 Å². The van der Waals surface area contributed by atoms with Gasteiger partial charge in [-0.05, 0) is 6.92 Å². The summed E-state index contributed by atoms with van der Waals surface area (Å²) in [6, 6.07) is 0.498. The van der Waals surface area contributed by atoms with E-state index in [2.05, 4.69) is 22.3 Å². The molecule has 2 atom stereocenters. The summed E-state index contributed by atoms with van der Waals surface area (Å²) in [4.78, 5) is 0. The minimum atomic E-state index is 0.154. The number of rotatable bonds is 2. The van der Waals surface area contributed by atoms with Crippen LogP contribution in [0.3, 0.4) is 0 Å². The zero-order valence-corrected chi connectivity index (χ0v) is 10.1. The Bertz CT molecular complexity index is 215. The SMILES string of the molecule is CC(N)C1CN(N)CCN1N1CCNCC1. The monoisotopic (exact) mass is 228 g/mol. The van der Waals surface area contributed by atoms with Crippen LogP contribution in [-0.4, -0.2) is 72.9 Å². The van der Waals surface area contributed by atoms with Crippen LogP contribution < -0.4 is 16.9 Å². The molecule has 5 N–H and O–H groups in total. The van der Waals surface area contributed by atoms with Crippen molar-refractivity contribution in [2.45, 2.75) is 19.0 Å². The Morgan fingerprint density at radius 3 is 2.50 bits per heavy atom. The van der Waals surface area contributed by atoms with Gasteiger partial charge in [-0.15, -0.1) is 0 Å². The number of hydrogen-bond acceptors (Lipinski definition) is 6. The Labute approximate surface area is 97.5 Å². The Morgan fingerprint density at radius 2 is 1.88 bits per heavy atom. The molecule has 2 aliphatic heterocycles. The Kier molecular flexibility index (Phi) is 4.12. The van der Waals surface area contributed by atoms with E-state index in [1.54, 1.807) is 0 Å². The molecule has 0 saturated carbocycles. The molecule has 2 rings (SSSR count). The molecule has 2 unspecified atom stereocenters. The average Bonchev–Trinajstić information content (AvgIpc) is 2.30. The normalized spacial score (nSPS) is 32.8. The van der Waals surface area contributed by atoms with E-state index in [0.717, 1.165) is 45.8 Å². The third-order valence-electron chi connectivity index (χ3n) is 3.48. The van der Waals surface area contributed by atoms with Gasteiger partial charge in [-0.3, -0.25) is 5.84 Å². The van der Waals surface area contributed by atoms with Crippen molar-refractivity contribution in [2.24, 2.45) is 11.6 Å². The molecule has 0 aromatic rings. The highest BCUT2D eigenvalue weighted by atomic mass is 15.7. The van der Waals surface area contributed by atoms with E-state index >= 15 is 0 Å². The third kappa shape index (κ3) is 2.71. The van der Waals surface area contributed by atoms with Crippen molar-refractivity contribution in [3.05, 3.63) is 0 Å². The summed E-state index contributed by atoms with van der Waals surface area (Å²) in [5, 5.41) is 10.1. The molecule has 94 valence electrons. The molecule has 0 amide bonds. The van der Waals surface area contributed by atoms with Crippen molar-refractivity contribution in [2.75, 3.05) is 45.8 Å². The van der Waals surface area contributed by atoms with Gasteiger partial charge in [-0.25, -0.2) is 15.0 Å². The summed E-state index contributed by atoms with van der Waals surface area (Å²) in [6.07, 6.45) is 0. The third-order valence-corrected chi connectivity index (χ3v) is 3.48. The summed E-state index contributed by atoms with van der Waals surface area (Å²) in [5.74, 6) is 5.87. The molecule has 0 bridgehead atoms. The first-order valence-corrected chi connectivity index (χ1v) is 6.16. The van der Waals surface area contributed by atoms with Crippen LogP contribution in [0.1, 0.15) is 6.92 Å². The van der Waals surface area contributed by atoms with E-state index in [0.29, 0.717) is 6.04 Å². The predicted octanol–water partition coefficient (Wildman–Crippen LogP) is -1.99. The molecule has 0 aliphatic carbocycles. The van der Waals surface area contributed by atoms with Crippen molar-refractivity contribution < 1.29 is 0 Å². The number of nitrogens with two attached hydrogens (primary N) is 2. The fourth-order valence-electron chi connectivity index (χ4n) is 2.52. The van der Waals surface area contributed by atoms with Crippen LogP contribution in [0.4, 0.5) is 0 Å². The standard InChI is InChI=1S/C10H24N6/c1-9(11)10-8-14(12)6-7-16(10)15-4-2-13-3-5-15/h9-10,13H,2-8,11-12H2,1H3. The van der Waals surface area contributed by atoms with E-state index < -0.39 is 0 Å². The molecule has 2 aliphatic rings. The molecule has 16 heavy (non-hydrogen) atoms. The zero-order chi connectivity index (χ0) is 11.5. The molecular formula is C10H24N6. The second-order valence-corrected chi connectivity index (χ2v) is 4.79. The summed E-state index contributed by atoms with van der Waals surface area (Å²) in [7, 11) is 0. The second-order valence-electron chi connectivity index (χ2n) is 4.79. The highest BCUT2D eigenvalue weighted by Gasteiger charge is 2.32. The van der Waals surface area contributed by atoms with Gasteiger partial charge in [0.15, 0.2) is 0 Å². The lowest BCUT2D eigenvalue weighted by atomic mass is 10.1. The molecule has 0 radical (unpaired) electrons. The lowest BCUT2D eigenvalue weighted by molar-refractivity contribution is -0.107. The van der Waals surface area contributed by atoms with Gasteiger partial charge in [0.05, 0.1) is 6.04 Å². The van der Waals surface area contributed by atoms with Gasteiger partial charge in [0.1, 0.15) is 0 Å². The quantitative estimate of drug-likeness (QED) is 0.475. The average molecular weight is 228 g/mol.